The minimum Gasteiger partial charge on any atom is -0.213 e. The Balaban J connectivity index is 2.74. The maximum atomic E-state index is 11.1. The monoisotopic (exact) mass is 205 g/mol. The van der Waals surface area contributed by atoms with Crippen molar-refractivity contribution in [2.45, 2.75) is 39.7 Å². The van der Waals surface area contributed by atoms with Gasteiger partial charge in [0, 0.05) is 6.04 Å². The Hall–Kier alpha value is -0.0900. The van der Waals surface area contributed by atoms with Crippen LogP contribution in [0.5, 0.6) is 0 Å². The lowest BCUT2D eigenvalue weighted by Gasteiger charge is -2.31. The molecule has 1 aliphatic rings. The molecule has 0 aromatic carbocycles. The van der Waals surface area contributed by atoms with E-state index < -0.39 is 10.0 Å². The second-order valence-electron chi connectivity index (χ2n) is 4.74. The van der Waals surface area contributed by atoms with Crippen molar-refractivity contribution in [2.24, 2.45) is 11.3 Å². The lowest BCUT2D eigenvalue weighted by atomic mass is 9.81. The van der Waals surface area contributed by atoms with Crippen LogP contribution in [0.2, 0.25) is 0 Å². The van der Waals surface area contributed by atoms with Crippen LogP contribution in [0.3, 0.4) is 0 Å². The van der Waals surface area contributed by atoms with Gasteiger partial charge in [-0.05, 0) is 24.2 Å². The molecule has 4 heteroatoms. The molecule has 2 atom stereocenters. The van der Waals surface area contributed by atoms with E-state index in [1.165, 1.54) is 6.26 Å². The van der Waals surface area contributed by atoms with Crippen molar-refractivity contribution < 1.29 is 8.42 Å². The number of hydrogen-bond acceptors (Lipinski definition) is 2. The van der Waals surface area contributed by atoms with Crippen LogP contribution >= 0.6 is 0 Å². The van der Waals surface area contributed by atoms with Crippen LogP contribution in [0.15, 0.2) is 0 Å². The first-order valence-corrected chi connectivity index (χ1v) is 6.60. The molecule has 0 spiro atoms. The normalized spacial score (nSPS) is 33.5. The molecule has 78 valence electrons. The molecular weight excluding hydrogens is 186 g/mol. The van der Waals surface area contributed by atoms with Crippen LogP contribution in [0.4, 0.5) is 0 Å². The molecule has 1 rings (SSSR count). The van der Waals surface area contributed by atoms with E-state index in [9.17, 15) is 8.42 Å². The van der Waals surface area contributed by atoms with E-state index in [-0.39, 0.29) is 11.5 Å². The van der Waals surface area contributed by atoms with Crippen molar-refractivity contribution in [1.82, 2.24) is 4.72 Å². The summed E-state index contributed by atoms with van der Waals surface area (Å²) in [6.07, 6.45) is 3.30. The number of nitrogens with one attached hydrogen (secondary N) is 1. The first-order valence-electron chi connectivity index (χ1n) is 4.71. The summed E-state index contributed by atoms with van der Waals surface area (Å²) >= 11 is 0. The topological polar surface area (TPSA) is 46.2 Å². The van der Waals surface area contributed by atoms with Crippen LogP contribution in [-0.4, -0.2) is 20.7 Å². The first kappa shape index (κ1) is 11.0. The predicted octanol–water partition coefficient (Wildman–Crippen LogP) is 1.36. The standard InChI is InChI=1S/C9H19NO2S/c1-7-5-6-8(9(7,2)3)10-13(4,11)12/h7-8,10H,5-6H2,1-4H3. The van der Waals surface area contributed by atoms with Crippen molar-refractivity contribution in [2.75, 3.05) is 6.26 Å². The van der Waals surface area contributed by atoms with Crippen LogP contribution in [-0.2, 0) is 10.0 Å². The summed E-state index contributed by atoms with van der Waals surface area (Å²) in [5.74, 6) is 0.590. The van der Waals surface area contributed by atoms with E-state index in [4.69, 9.17) is 0 Å². The molecule has 13 heavy (non-hydrogen) atoms. The lowest BCUT2D eigenvalue weighted by Crippen LogP contribution is -2.42. The van der Waals surface area contributed by atoms with Crippen LogP contribution < -0.4 is 4.72 Å². The molecule has 0 bridgehead atoms. The second kappa shape index (κ2) is 3.24. The summed E-state index contributed by atoms with van der Waals surface area (Å²) in [4.78, 5) is 0. The van der Waals surface area contributed by atoms with Gasteiger partial charge in [0.05, 0.1) is 6.26 Å². The zero-order valence-corrected chi connectivity index (χ0v) is 9.61. The van der Waals surface area contributed by atoms with Crippen molar-refractivity contribution in [1.29, 1.82) is 0 Å². The Bertz CT molecular complexity index is 282. The SMILES string of the molecule is CC1CCC(NS(C)(=O)=O)C1(C)C. The van der Waals surface area contributed by atoms with Crippen LogP contribution in [0.25, 0.3) is 0 Å². The van der Waals surface area contributed by atoms with Gasteiger partial charge >= 0.3 is 0 Å². The van der Waals surface area contributed by atoms with Crippen molar-refractivity contribution in [3.8, 4) is 0 Å². The molecular formula is C9H19NO2S. The molecule has 0 aliphatic heterocycles. The van der Waals surface area contributed by atoms with Crippen LogP contribution in [0, 0.1) is 11.3 Å². The number of rotatable bonds is 2. The quantitative estimate of drug-likeness (QED) is 0.740. The maximum Gasteiger partial charge on any atom is 0.208 e. The van der Waals surface area contributed by atoms with Gasteiger partial charge in [-0.25, -0.2) is 13.1 Å². The van der Waals surface area contributed by atoms with Gasteiger partial charge < -0.3 is 0 Å². The Morgan fingerprint density at radius 2 is 1.85 bits per heavy atom. The summed E-state index contributed by atoms with van der Waals surface area (Å²) in [5, 5.41) is 0. The average molecular weight is 205 g/mol. The third-order valence-corrected chi connectivity index (χ3v) is 4.13. The highest BCUT2D eigenvalue weighted by Gasteiger charge is 2.41. The fourth-order valence-corrected chi connectivity index (χ4v) is 2.91. The van der Waals surface area contributed by atoms with Gasteiger partial charge in [-0.2, -0.15) is 0 Å². The molecule has 0 saturated heterocycles. The predicted molar refractivity (Wildman–Crippen MR) is 53.9 cm³/mol. The summed E-state index contributed by atoms with van der Waals surface area (Å²) < 4.78 is 24.9. The highest BCUT2D eigenvalue weighted by atomic mass is 32.2. The molecule has 0 aromatic heterocycles. The fourth-order valence-electron chi connectivity index (χ4n) is 1.97. The van der Waals surface area contributed by atoms with Gasteiger partial charge in [0.2, 0.25) is 10.0 Å². The highest BCUT2D eigenvalue weighted by molar-refractivity contribution is 7.88. The van der Waals surface area contributed by atoms with Gasteiger partial charge in [-0.15, -0.1) is 0 Å². The molecule has 1 aliphatic carbocycles. The maximum absolute atomic E-state index is 11.1. The van der Waals surface area contributed by atoms with Gasteiger partial charge in [-0.3, -0.25) is 0 Å². The van der Waals surface area contributed by atoms with Gasteiger partial charge in [-0.1, -0.05) is 20.8 Å². The van der Waals surface area contributed by atoms with Crippen molar-refractivity contribution in [3.05, 3.63) is 0 Å². The Morgan fingerprint density at radius 3 is 2.15 bits per heavy atom. The second-order valence-corrected chi connectivity index (χ2v) is 6.52. The Morgan fingerprint density at radius 1 is 1.31 bits per heavy atom. The molecule has 3 nitrogen and oxygen atoms in total. The third-order valence-electron chi connectivity index (χ3n) is 3.41. The first-order chi connectivity index (χ1) is 5.73. The number of sulfonamides is 1. The molecule has 1 fully saturated rings. The molecule has 0 radical (unpaired) electrons. The van der Waals surface area contributed by atoms with E-state index in [2.05, 4.69) is 25.5 Å². The van der Waals surface area contributed by atoms with E-state index in [0.29, 0.717) is 5.92 Å². The Kier molecular flexibility index (Phi) is 2.74. The van der Waals surface area contributed by atoms with E-state index in [1.54, 1.807) is 0 Å². The average Bonchev–Trinajstić information content (AvgIpc) is 2.13. The van der Waals surface area contributed by atoms with Crippen molar-refractivity contribution >= 4 is 10.0 Å². The lowest BCUT2D eigenvalue weighted by molar-refractivity contribution is 0.238. The largest absolute Gasteiger partial charge is 0.213 e. The van der Waals surface area contributed by atoms with E-state index >= 15 is 0 Å². The van der Waals surface area contributed by atoms with Gasteiger partial charge in [0.1, 0.15) is 0 Å². The molecule has 2 unspecified atom stereocenters. The molecule has 0 aromatic rings. The minimum atomic E-state index is -3.05. The van der Waals surface area contributed by atoms with Crippen LogP contribution in [0.1, 0.15) is 33.6 Å². The Labute approximate surface area is 81.0 Å². The zero-order chi connectivity index (χ0) is 10.3. The summed E-state index contributed by atoms with van der Waals surface area (Å²) in [5.41, 5.74) is 0.0864. The zero-order valence-electron chi connectivity index (χ0n) is 8.79. The molecule has 0 amide bonds. The molecule has 1 saturated carbocycles. The summed E-state index contributed by atoms with van der Waals surface area (Å²) in [6, 6.07) is 0.109. The third kappa shape index (κ3) is 2.44. The summed E-state index contributed by atoms with van der Waals surface area (Å²) in [7, 11) is -3.05. The highest BCUT2D eigenvalue weighted by Crippen LogP contribution is 2.42. The molecule has 0 heterocycles. The molecule has 1 N–H and O–H groups in total. The smallest absolute Gasteiger partial charge is 0.208 e. The van der Waals surface area contributed by atoms with Gasteiger partial charge in [0.25, 0.3) is 0 Å². The summed E-state index contributed by atoms with van der Waals surface area (Å²) in [6.45, 7) is 6.45. The van der Waals surface area contributed by atoms with E-state index in [1.807, 2.05) is 0 Å². The minimum absolute atomic E-state index is 0.0864. The van der Waals surface area contributed by atoms with Gasteiger partial charge in [0.15, 0.2) is 0 Å². The fraction of sp³-hybridized carbons (Fsp3) is 1.00. The van der Waals surface area contributed by atoms with E-state index in [0.717, 1.165) is 12.8 Å². The van der Waals surface area contributed by atoms with Crippen molar-refractivity contribution in [3.63, 3.8) is 0 Å². The number of hydrogen-bond donors (Lipinski definition) is 1.